The molecule has 6 heteroatoms. The summed E-state index contributed by atoms with van der Waals surface area (Å²) in [5, 5.41) is 10.6. The van der Waals surface area contributed by atoms with Crippen molar-refractivity contribution in [3.05, 3.63) is 63.7 Å². The number of hydrogen-bond donors (Lipinski definition) is 0. The van der Waals surface area contributed by atoms with Crippen molar-refractivity contribution in [1.82, 2.24) is 0 Å². The Hall–Kier alpha value is -2.89. The van der Waals surface area contributed by atoms with Crippen molar-refractivity contribution >= 4 is 11.7 Å². The van der Waals surface area contributed by atoms with Gasteiger partial charge in [-0.15, -0.1) is 0 Å². The minimum absolute atomic E-state index is 0.0125. The van der Waals surface area contributed by atoms with Crippen LogP contribution in [0.2, 0.25) is 0 Å². The lowest BCUT2D eigenvalue weighted by molar-refractivity contribution is -0.384. The Labute approximate surface area is 121 Å². The summed E-state index contributed by atoms with van der Waals surface area (Å²) >= 11 is 0. The van der Waals surface area contributed by atoms with Gasteiger partial charge in [0.25, 0.3) is 5.69 Å². The van der Waals surface area contributed by atoms with E-state index in [-0.39, 0.29) is 5.69 Å². The molecule has 0 aliphatic rings. The van der Waals surface area contributed by atoms with Crippen LogP contribution in [0.3, 0.4) is 0 Å². The van der Waals surface area contributed by atoms with Crippen LogP contribution in [0.5, 0.6) is 11.5 Å². The van der Waals surface area contributed by atoms with Crippen LogP contribution >= 0.6 is 0 Å². The first kappa shape index (κ1) is 14.5. The molecule has 0 fully saturated rings. The van der Waals surface area contributed by atoms with Gasteiger partial charge in [-0.2, -0.15) is 0 Å². The number of nitro groups is 1. The molecule has 0 aromatic heterocycles. The van der Waals surface area contributed by atoms with Gasteiger partial charge in [0.05, 0.1) is 17.6 Å². The molecule has 6 nitrogen and oxygen atoms in total. The van der Waals surface area contributed by atoms with E-state index in [1.54, 1.807) is 25.1 Å². The second-order valence-electron chi connectivity index (χ2n) is 4.32. The maximum Gasteiger partial charge on any atom is 0.338 e. The standard InChI is InChI=1S/C15H13NO5/c1-10-3-6-13(9-14(10)15(17)20-2)21-12-7-4-11(5-8-12)16(18)19/h3-9H,1-2H3. The summed E-state index contributed by atoms with van der Waals surface area (Å²) in [6.07, 6.45) is 0. The molecule has 0 saturated carbocycles. The van der Waals surface area contributed by atoms with Gasteiger partial charge in [0.15, 0.2) is 0 Å². The van der Waals surface area contributed by atoms with Gasteiger partial charge >= 0.3 is 5.97 Å². The lowest BCUT2D eigenvalue weighted by Gasteiger charge is -2.09. The quantitative estimate of drug-likeness (QED) is 0.488. The summed E-state index contributed by atoms with van der Waals surface area (Å²) in [5.74, 6) is 0.455. The zero-order chi connectivity index (χ0) is 15.4. The average Bonchev–Trinajstić information content (AvgIpc) is 2.49. The summed E-state index contributed by atoms with van der Waals surface area (Å²) in [4.78, 5) is 21.7. The zero-order valence-electron chi connectivity index (χ0n) is 11.5. The lowest BCUT2D eigenvalue weighted by atomic mass is 10.1. The van der Waals surface area contributed by atoms with Gasteiger partial charge < -0.3 is 9.47 Å². The Balaban J connectivity index is 2.23. The number of benzene rings is 2. The van der Waals surface area contributed by atoms with E-state index in [0.29, 0.717) is 17.1 Å². The molecule has 2 rings (SSSR count). The van der Waals surface area contributed by atoms with Gasteiger partial charge in [0.1, 0.15) is 11.5 Å². The molecule has 0 spiro atoms. The van der Waals surface area contributed by atoms with Crippen LogP contribution < -0.4 is 4.74 Å². The number of ether oxygens (including phenoxy) is 2. The first-order chi connectivity index (χ1) is 10.0. The third-order valence-corrected chi connectivity index (χ3v) is 2.90. The predicted molar refractivity (Wildman–Crippen MR) is 75.7 cm³/mol. The molecule has 2 aromatic carbocycles. The van der Waals surface area contributed by atoms with E-state index >= 15 is 0 Å². The van der Waals surface area contributed by atoms with Gasteiger partial charge in [-0.05, 0) is 36.8 Å². The topological polar surface area (TPSA) is 78.7 Å². The van der Waals surface area contributed by atoms with Crippen LogP contribution in [0.4, 0.5) is 5.69 Å². The molecule has 0 amide bonds. The first-order valence-electron chi connectivity index (χ1n) is 6.12. The van der Waals surface area contributed by atoms with Crippen LogP contribution in [0.25, 0.3) is 0 Å². The molecule has 108 valence electrons. The smallest absolute Gasteiger partial charge is 0.338 e. The summed E-state index contributed by atoms with van der Waals surface area (Å²) in [5.41, 5.74) is 1.18. The maximum absolute atomic E-state index is 11.6. The molecule has 0 aliphatic heterocycles. The number of carbonyl (C=O) groups is 1. The fourth-order valence-electron chi connectivity index (χ4n) is 1.77. The normalized spacial score (nSPS) is 10.0. The number of carbonyl (C=O) groups excluding carboxylic acids is 1. The molecule has 0 heterocycles. The molecule has 0 saturated heterocycles. The second kappa shape index (κ2) is 6.04. The van der Waals surface area contributed by atoms with Crippen molar-refractivity contribution in [2.24, 2.45) is 0 Å². The molecule has 0 aliphatic carbocycles. The highest BCUT2D eigenvalue weighted by Crippen LogP contribution is 2.26. The largest absolute Gasteiger partial charge is 0.465 e. The van der Waals surface area contributed by atoms with Crippen LogP contribution in [-0.4, -0.2) is 18.0 Å². The molecule has 0 bridgehead atoms. The lowest BCUT2D eigenvalue weighted by Crippen LogP contribution is -2.03. The molecule has 2 aromatic rings. The van der Waals surface area contributed by atoms with Crippen molar-refractivity contribution < 1.29 is 19.2 Å². The Morgan fingerprint density at radius 1 is 1.10 bits per heavy atom. The second-order valence-corrected chi connectivity index (χ2v) is 4.32. The molecule has 21 heavy (non-hydrogen) atoms. The van der Waals surface area contributed by atoms with E-state index < -0.39 is 10.9 Å². The third kappa shape index (κ3) is 3.36. The number of rotatable bonds is 4. The predicted octanol–water partition coefficient (Wildman–Crippen LogP) is 3.48. The molecular formula is C15H13NO5. The monoisotopic (exact) mass is 287 g/mol. The average molecular weight is 287 g/mol. The number of nitro benzene ring substituents is 1. The van der Waals surface area contributed by atoms with Crippen molar-refractivity contribution in [2.75, 3.05) is 7.11 Å². The Morgan fingerprint density at radius 2 is 1.71 bits per heavy atom. The molecule has 0 N–H and O–H groups in total. The van der Waals surface area contributed by atoms with E-state index in [4.69, 9.17) is 9.47 Å². The third-order valence-electron chi connectivity index (χ3n) is 2.90. The van der Waals surface area contributed by atoms with Crippen molar-refractivity contribution in [3.63, 3.8) is 0 Å². The number of methoxy groups -OCH3 is 1. The summed E-state index contributed by atoms with van der Waals surface area (Å²) in [7, 11) is 1.31. The summed E-state index contributed by atoms with van der Waals surface area (Å²) in [6, 6.07) is 10.7. The highest BCUT2D eigenvalue weighted by atomic mass is 16.6. The SMILES string of the molecule is COC(=O)c1cc(Oc2ccc([N+](=O)[O-])cc2)ccc1C. The van der Waals surface area contributed by atoms with Gasteiger partial charge in [-0.3, -0.25) is 10.1 Å². The van der Waals surface area contributed by atoms with Gasteiger partial charge in [-0.1, -0.05) is 6.07 Å². The van der Waals surface area contributed by atoms with Crippen molar-refractivity contribution in [2.45, 2.75) is 6.92 Å². The van der Waals surface area contributed by atoms with Crippen LogP contribution in [0.15, 0.2) is 42.5 Å². The van der Waals surface area contributed by atoms with Gasteiger partial charge in [-0.25, -0.2) is 4.79 Å². The van der Waals surface area contributed by atoms with E-state index in [1.807, 2.05) is 0 Å². The molecular weight excluding hydrogens is 274 g/mol. The van der Waals surface area contributed by atoms with E-state index in [9.17, 15) is 14.9 Å². The first-order valence-corrected chi connectivity index (χ1v) is 6.12. The van der Waals surface area contributed by atoms with Crippen LogP contribution in [-0.2, 0) is 4.74 Å². The van der Waals surface area contributed by atoms with E-state index in [1.165, 1.54) is 31.4 Å². The maximum atomic E-state index is 11.6. The van der Waals surface area contributed by atoms with Crippen LogP contribution in [0.1, 0.15) is 15.9 Å². The molecule has 0 radical (unpaired) electrons. The Bertz CT molecular complexity index is 679. The van der Waals surface area contributed by atoms with Crippen LogP contribution in [0, 0.1) is 17.0 Å². The Morgan fingerprint density at radius 3 is 2.29 bits per heavy atom. The van der Waals surface area contributed by atoms with Crippen molar-refractivity contribution in [3.8, 4) is 11.5 Å². The number of nitrogens with zero attached hydrogens (tertiary/aromatic N) is 1. The van der Waals surface area contributed by atoms with E-state index in [0.717, 1.165) is 5.56 Å². The molecule has 0 atom stereocenters. The van der Waals surface area contributed by atoms with Gasteiger partial charge in [0, 0.05) is 12.1 Å². The number of hydrogen-bond acceptors (Lipinski definition) is 5. The summed E-state index contributed by atoms with van der Waals surface area (Å²) < 4.78 is 10.3. The minimum atomic E-state index is -0.481. The number of esters is 1. The Kier molecular flexibility index (Phi) is 4.18. The van der Waals surface area contributed by atoms with Gasteiger partial charge in [0.2, 0.25) is 0 Å². The number of non-ortho nitro benzene ring substituents is 1. The molecule has 0 unspecified atom stereocenters. The zero-order valence-corrected chi connectivity index (χ0v) is 11.5. The fourth-order valence-corrected chi connectivity index (χ4v) is 1.77. The number of aryl methyl sites for hydroxylation is 1. The highest BCUT2D eigenvalue weighted by molar-refractivity contribution is 5.91. The fraction of sp³-hybridized carbons (Fsp3) is 0.133. The highest BCUT2D eigenvalue weighted by Gasteiger charge is 2.11. The minimum Gasteiger partial charge on any atom is -0.465 e. The summed E-state index contributed by atoms with van der Waals surface area (Å²) in [6.45, 7) is 1.79. The van der Waals surface area contributed by atoms with E-state index in [2.05, 4.69) is 0 Å². The van der Waals surface area contributed by atoms with Crippen molar-refractivity contribution in [1.29, 1.82) is 0 Å².